The second-order valence-corrected chi connectivity index (χ2v) is 6.56. The number of nitrogens with zero attached hydrogens (tertiary/aromatic N) is 2. The predicted molar refractivity (Wildman–Crippen MR) is 91.4 cm³/mol. The highest BCUT2D eigenvalue weighted by molar-refractivity contribution is 7.99. The first kappa shape index (κ1) is 14.6. The van der Waals surface area contributed by atoms with E-state index in [1.807, 2.05) is 12.1 Å². The fourth-order valence-electron chi connectivity index (χ4n) is 2.10. The van der Waals surface area contributed by atoms with Gasteiger partial charge in [-0.15, -0.1) is 11.8 Å². The second-order valence-electron chi connectivity index (χ2n) is 4.44. The quantitative estimate of drug-likeness (QED) is 0.573. The van der Waals surface area contributed by atoms with Crippen molar-refractivity contribution in [3.63, 3.8) is 0 Å². The van der Waals surface area contributed by atoms with E-state index in [9.17, 15) is 0 Å². The fourth-order valence-corrected chi connectivity index (χ4v) is 3.23. The lowest BCUT2D eigenvalue weighted by Gasteiger charge is -2.08. The van der Waals surface area contributed by atoms with E-state index < -0.39 is 0 Å². The summed E-state index contributed by atoms with van der Waals surface area (Å²) in [7, 11) is 0. The highest BCUT2D eigenvalue weighted by Gasteiger charge is 2.09. The average molecular weight is 335 g/mol. The summed E-state index contributed by atoms with van der Waals surface area (Å²) in [5.74, 6) is 1.01. The maximum Gasteiger partial charge on any atom is 0.0910 e. The van der Waals surface area contributed by atoms with Crippen molar-refractivity contribution in [3.8, 4) is 11.3 Å². The highest BCUT2D eigenvalue weighted by Crippen LogP contribution is 2.32. The van der Waals surface area contributed by atoms with Gasteiger partial charge >= 0.3 is 0 Å². The normalized spacial score (nSPS) is 11.0. The molecule has 3 aromatic rings. The third-order valence-electron chi connectivity index (χ3n) is 3.05. The average Bonchev–Trinajstić information content (AvgIpc) is 2.49. The molecule has 2 aromatic carbocycles. The first-order chi connectivity index (χ1) is 10.2. The van der Waals surface area contributed by atoms with Gasteiger partial charge in [-0.3, -0.25) is 4.98 Å². The van der Waals surface area contributed by atoms with Crippen molar-refractivity contribution in [1.29, 1.82) is 0 Å². The first-order valence-electron chi connectivity index (χ1n) is 6.53. The van der Waals surface area contributed by atoms with Crippen molar-refractivity contribution in [2.75, 3.05) is 5.75 Å². The van der Waals surface area contributed by atoms with Crippen molar-refractivity contribution in [3.05, 3.63) is 52.6 Å². The van der Waals surface area contributed by atoms with Gasteiger partial charge in [-0.2, -0.15) is 0 Å². The zero-order valence-corrected chi connectivity index (χ0v) is 13.6. The van der Waals surface area contributed by atoms with Crippen molar-refractivity contribution in [2.45, 2.75) is 11.8 Å². The minimum absolute atomic E-state index is 0.492. The molecule has 5 heteroatoms. The van der Waals surface area contributed by atoms with Gasteiger partial charge in [-0.05, 0) is 24.0 Å². The number of fused-ring (bicyclic) bond motifs is 1. The van der Waals surface area contributed by atoms with Crippen LogP contribution in [0, 0.1) is 0 Å². The van der Waals surface area contributed by atoms with Gasteiger partial charge in [-0.1, -0.05) is 48.3 Å². The summed E-state index contributed by atoms with van der Waals surface area (Å²) in [5, 5.41) is 0.986. The van der Waals surface area contributed by atoms with Gasteiger partial charge in [-0.25, -0.2) is 4.98 Å². The molecule has 0 bridgehead atoms. The van der Waals surface area contributed by atoms with Gasteiger partial charge in [0.05, 0.1) is 33.0 Å². The molecule has 0 fully saturated rings. The Kier molecular flexibility index (Phi) is 4.34. The summed E-state index contributed by atoms with van der Waals surface area (Å²) < 4.78 is 0. The first-order valence-corrected chi connectivity index (χ1v) is 8.27. The molecule has 0 aliphatic heterocycles. The van der Waals surface area contributed by atoms with E-state index in [2.05, 4.69) is 29.0 Å². The fraction of sp³-hybridized carbons (Fsp3) is 0.125. The van der Waals surface area contributed by atoms with Gasteiger partial charge in [0.2, 0.25) is 0 Å². The van der Waals surface area contributed by atoms with Crippen LogP contribution in [0.2, 0.25) is 10.0 Å². The number of hydrogen-bond acceptors (Lipinski definition) is 3. The van der Waals surface area contributed by atoms with E-state index in [1.54, 1.807) is 30.1 Å². The molecule has 0 atom stereocenters. The van der Waals surface area contributed by atoms with Crippen LogP contribution in [-0.4, -0.2) is 15.7 Å². The highest BCUT2D eigenvalue weighted by atomic mass is 35.5. The van der Waals surface area contributed by atoms with Crippen LogP contribution in [0.15, 0.2) is 47.5 Å². The van der Waals surface area contributed by atoms with Crippen LogP contribution in [0.4, 0.5) is 0 Å². The lowest BCUT2D eigenvalue weighted by atomic mass is 10.1. The van der Waals surface area contributed by atoms with Crippen LogP contribution < -0.4 is 0 Å². The van der Waals surface area contributed by atoms with Gasteiger partial charge < -0.3 is 0 Å². The Morgan fingerprint density at radius 3 is 2.52 bits per heavy atom. The van der Waals surface area contributed by atoms with E-state index in [-0.39, 0.29) is 0 Å². The molecule has 0 N–H and O–H groups in total. The number of rotatable bonds is 3. The van der Waals surface area contributed by atoms with Crippen molar-refractivity contribution < 1.29 is 0 Å². The molecule has 1 heterocycles. The molecule has 0 saturated carbocycles. The van der Waals surface area contributed by atoms with Crippen molar-refractivity contribution >= 4 is 46.0 Å². The molecular formula is C16H12Cl2N2S. The van der Waals surface area contributed by atoms with E-state index >= 15 is 0 Å². The molecule has 0 spiro atoms. The monoisotopic (exact) mass is 334 g/mol. The minimum Gasteiger partial charge on any atom is -0.252 e. The third kappa shape index (κ3) is 3.00. The molecule has 106 valence electrons. The summed E-state index contributed by atoms with van der Waals surface area (Å²) in [4.78, 5) is 10.3. The number of benzene rings is 2. The Hall–Kier alpha value is -1.29. The molecule has 0 aliphatic carbocycles. The summed E-state index contributed by atoms with van der Waals surface area (Å²) in [6.07, 6.45) is 1.78. The summed E-state index contributed by atoms with van der Waals surface area (Å²) in [6, 6.07) is 11.7. The molecule has 0 radical (unpaired) electrons. The molecule has 3 rings (SSSR count). The molecule has 0 unspecified atom stereocenters. The standard InChI is InChI=1S/C16H12Cl2N2S/c1-2-21-16-6-4-3-5-10(16)15-9-19-13-7-11(17)12(18)8-14(13)20-15/h3-9H,2H2,1H3. The summed E-state index contributed by atoms with van der Waals surface area (Å²) in [6.45, 7) is 2.13. The second kappa shape index (κ2) is 6.22. The zero-order chi connectivity index (χ0) is 14.8. The number of hydrogen-bond donors (Lipinski definition) is 0. The Morgan fingerprint density at radius 1 is 1.05 bits per heavy atom. The molecule has 21 heavy (non-hydrogen) atoms. The topological polar surface area (TPSA) is 25.8 Å². The Labute approximate surface area is 137 Å². The van der Waals surface area contributed by atoms with Crippen molar-refractivity contribution in [1.82, 2.24) is 9.97 Å². The van der Waals surface area contributed by atoms with E-state index in [0.29, 0.717) is 10.0 Å². The predicted octanol–water partition coefficient (Wildman–Crippen LogP) is 5.72. The smallest absolute Gasteiger partial charge is 0.0910 e. The van der Waals surface area contributed by atoms with E-state index in [1.165, 1.54) is 4.90 Å². The van der Waals surface area contributed by atoms with Gasteiger partial charge in [0.15, 0.2) is 0 Å². The molecular weight excluding hydrogens is 323 g/mol. The number of halogens is 2. The largest absolute Gasteiger partial charge is 0.252 e. The molecule has 0 amide bonds. The lowest BCUT2D eigenvalue weighted by Crippen LogP contribution is -1.91. The number of aromatic nitrogens is 2. The van der Waals surface area contributed by atoms with Crippen LogP contribution in [0.25, 0.3) is 22.3 Å². The Morgan fingerprint density at radius 2 is 1.76 bits per heavy atom. The molecule has 2 nitrogen and oxygen atoms in total. The van der Waals surface area contributed by atoms with Crippen LogP contribution in [-0.2, 0) is 0 Å². The Bertz CT molecular complexity index is 805. The summed E-state index contributed by atoms with van der Waals surface area (Å²) >= 11 is 13.9. The third-order valence-corrected chi connectivity index (χ3v) is 4.72. The molecule has 0 saturated heterocycles. The van der Waals surface area contributed by atoms with Crippen LogP contribution in [0.3, 0.4) is 0 Å². The molecule has 1 aromatic heterocycles. The maximum atomic E-state index is 6.06. The van der Waals surface area contributed by atoms with Crippen LogP contribution >= 0.6 is 35.0 Å². The van der Waals surface area contributed by atoms with E-state index in [4.69, 9.17) is 23.2 Å². The zero-order valence-electron chi connectivity index (χ0n) is 11.3. The van der Waals surface area contributed by atoms with Crippen molar-refractivity contribution in [2.24, 2.45) is 0 Å². The Balaban J connectivity index is 2.15. The van der Waals surface area contributed by atoms with E-state index in [0.717, 1.165) is 28.0 Å². The van der Waals surface area contributed by atoms with Gasteiger partial charge in [0, 0.05) is 10.5 Å². The van der Waals surface area contributed by atoms with Gasteiger partial charge in [0.1, 0.15) is 0 Å². The molecule has 0 aliphatic rings. The van der Waals surface area contributed by atoms with Gasteiger partial charge in [0.25, 0.3) is 0 Å². The van der Waals surface area contributed by atoms with Crippen LogP contribution in [0.5, 0.6) is 0 Å². The SMILES string of the molecule is CCSc1ccccc1-c1cnc2cc(Cl)c(Cl)cc2n1. The maximum absolute atomic E-state index is 6.06. The minimum atomic E-state index is 0.492. The number of thioether (sulfide) groups is 1. The lowest BCUT2D eigenvalue weighted by molar-refractivity contribution is 1.27. The summed E-state index contributed by atoms with van der Waals surface area (Å²) in [5.41, 5.74) is 3.43. The van der Waals surface area contributed by atoms with Crippen LogP contribution in [0.1, 0.15) is 6.92 Å².